The number of carbonyl (C=O) groups excluding carboxylic acids is 1. The lowest BCUT2D eigenvalue weighted by atomic mass is 10.1. The van der Waals surface area contributed by atoms with Gasteiger partial charge in [-0.2, -0.15) is 0 Å². The van der Waals surface area contributed by atoms with E-state index < -0.39 is 5.97 Å². The van der Waals surface area contributed by atoms with E-state index in [9.17, 15) is 9.59 Å². The summed E-state index contributed by atoms with van der Waals surface area (Å²) in [7, 11) is 0. The minimum absolute atomic E-state index is 0.0188. The lowest BCUT2D eigenvalue weighted by Gasteiger charge is -2.40. The van der Waals surface area contributed by atoms with Crippen molar-refractivity contribution in [2.24, 2.45) is 0 Å². The molecule has 0 aliphatic carbocycles. The summed E-state index contributed by atoms with van der Waals surface area (Å²) in [5.74, 6) is -0.877. The second kappa shape index (κ2) is 6.04. The van der Waals surface area contributed by atoms with Crippen molar-refractivity contribution in [1.82, 2.24) is 15.1 Å². The van der Waals surface area contributed by atoms with Gasteiger partial charge in [-0.3, -0.25) is 4.79 Å². The molecule has 1 heterocycles. The maximum Gasteiger partial charge on any atom is 0.320 e. The van der Waals surface area contributed by atoms with Crippen molar-refractivity contribution in [2.45, 2.75) is 32.7 Å². The van der Waals surface area contributed by atoms with Gasteiger partial charge in [0.15, 0.2) is 0 Å². The third-order valence-corrected chi connectivity index (χ3v) is 2.98. The highest BCUT2D eigenvalue weighted by Crippen LogP contribution is 2.16. The van der Waals surface area contributed by atoms with Crippen LogP contribution >= 0.6 is 0 Å². The Bertz CT molecular complexity index is 306. The number of nitrogens with one attached hydrogen (secondary N) is 1. The van der Waals surface area contributed by atoms with Crippen LogP contribution in [0.15, 0.2) is 0 Å². The SMILES string of the molecule is CC(C)(C)N(CCC(=O)O)C(=O)N1CCNCC1. The van der Waals surface area contributed by atoms with Gasteiger partial charge in [0.25, 0.3) is 0 Å². The second-order valence-electron chi connectivity index (χ2n) is 5.49. The number of amides is 2. The van der Waals surface area contributed by atoms with Crippen LogP contribution < -0.4 is 5.32 Å². The first kappa shape index (κ1) is 14.8. The second-order valence-corrected chi connectivity index (χ2v) is 5.49. The van der Waals surface area contributed by atoms with Gasteiger partial charge in [0.2, 0.25) is 0 Å². The molecule has 0 saturated carbocycles. The molecule has 0 bridgehead atoms. The maximum absolute atomic E-state index is 12.4. The summed E-state index contributed by atoms with van der Waals surface area (Å²) in [6.45, 7) is 8.97. The molecule has 6 heteroatoms. The van der Waals surface area contributed by atoms with Gasteiger partial charge < -0.3 is 20.2 Å². The highest BCUT2D eigenvalue weighted by molar-refractivity contribution is 5.76. The number of rotatable bonds is 3. The Morgan fingerprint density at radius 2 is 1.83 bits per heavy atom. The summed E-state index contributed by atoms with van der Waals surface area (Å²) in [5, 5.41) is 11.9. The molecule has 0 spiro atoms. The van der Waals surface area contributed by atoms with Crippen LogP contribution in [0.25, 0.3) is 0 Å². The molecule has 18 heavy (non-hydrogen) atoms. The molecule has 6 nitrogen and oxygen atoms in total. The molecule has 0 radical (unpaired) electrons. The molecule has 0 unspecified atom stereocenters. The fourth-order valence-corrected chi connectivity index (χ4v) is 1.95. The molecule has 2 N–H and O–H groups in total. The summed E-state index contributed by atoms with van der Waals surface area (Å²) in [6, 6.07) is -0.0646. The topological polar surface area (TPSA) is 72.9 Å². The minimum Gasteiger partial charge on any atom is -0.481 e. The van der Waals surface area contributed by atoms with Gasteiger partial charge in [-0.05, 0) is 20.8 Å². The largest absolute Gasteiger partial charge is 0.481 e. The lowest BCUT2D eigenvalue weighted by molar-refractivity contribution is -0.137. The number of piperazine rings is 1. The number of carboxylic acids is 1. The predicted molar refractivity (Wildman–Crippen MR) is 68.6 cm³/mol. The summed E-state index contributed by atoms with van der Waals surface area (Å²) >= 11 is 0. The van der Waals surface area contributed by atoms with Crippen molar-refractivity contribution in [2.75, 3.05) is 32.7 Å². The molecule has 1 saturated heterocycles. The first-order valence-corrected chi connectivity index (χ1v) is 6.31. The van der Waals surface area contributed by atoms with Gasteiger partial charge in [-0.25, -0.2) is 4.79 Å². The van der Waals surface area contributed by atoms with Gasteiger partial charge in [-0.15, -0.1) is 0 Å². The average molecular weight is 257 g/mol. The van der Waals surface area contributed by atoms with Gasteiger partial charge in [0.05, 0.1) is 6.42 Å². The van der Waals surface area contributed by atoms with Crippen molar-refractivity contribution >= 4 is 12.0 Å². The fraction of sp³-hybridized carbons (Fsp3) is 0.833. The highest BCUT2D eigenvalue weighted by atomic mass is 16.4. The maximum atomic E-state index is 12.4. The molecule has 1 rings (SSSR count). The third kappa shape index (κ3) is 4.18. The fourth-order valence-electron chi connectivity index (χ4n) is 1.95. The van der Waals surface area contributed by atoms with Crippen molar-refractivity contribution in [3.63, 3.8) is 0 Å². The standard InChI is InChI=1S/C12H23N3O3/c1-12(2,3)15(7-4-10(16)17)11(18)14-8-5-13-6-9-14/h13H,4-9H2,1-3H3,(H,16,17). The van der Waals surface area contributed by atoms with E-state index in [-0.39, 0.29) is 24.5 Å². The molecule has 1 fully saturated rings. The zero-order valence-corrected chi connectivity index (χ0v) is 11.4. The first-order chi connectivity index (χ1) is 8.32. The van der Waals surface area contributed by atoms with Gasteiger partial charge in [-0.1, -0.05) is 0 Å². The Morgan fingerprint density at radius 1 is 1.28 bits per heavy atom. The van der Waals surface area contributed by atoms with Crippen molar-refractivity contribution in [1.29, 1.82) is 0 Å². The van der Waals surface area contributed by atoms with Crippen LogP contribution in [0.1, 0.15) is 27.2 Å². The van der Waals surface area contributed by atoms with Crippen LogP contribution in [0.2, 0.25) is 0 Å². The third-order valence-electron chi connectivity index (χ3n) is 2.98. The molecular formula is C12H23N3O3. The van der Waals surface area contributed by atoms with Crippen LogP contribution in [0.3, 0.4) is 0 Å². The Hall–Kier alpha value is -1.30. The normalized spacial score (nSPS) is 16.5. The number of carboxylic acid groups (broad SMARTS) is 1. The number of hydrogen-bond acceptors (Lipinski definition) is 3. The zero-order chi connectivity index (χ0) is 13.8. The van der Waals surface area contributed by atoms with E-state index in [1.807, 2.05) is 20.8 Å². The zero-order valence-electron chi connectivity index (χ0n) is 11.4. The molecule has 0 aromatic rings. The number of aliphatic carboxylic acids is 1. The van der Waals surface area contributed by atoms with Crippen LogP contribution in [0, 0.1) is 0 Å². The number of carbonyl (C=O) groups is 2. The van der Waals surface area contributed by atoms with E-state index in [0.717, 1.165) is 13.1 Å². The summed E-state index contributed by atoms with van der Waals surface area (Å²) in [6.07, 6.45) is -0.0188. The summed E-state index contributed by atoms with van der Waals surface area (Å²) in [5.41, 5.74) is -0.364. The quantitative estimate of drug-likeness (QED) is 0.776. The first-order valence-electron chi connectivity index (χ1n) is 6.31. The number of nitrogens with zero attached hydrogens (tertiary/aromatic N) is 2. The van der Waals surface area contributed by atoms with E-state index in [2.05, 4.69) is 5.32 Å². The lowest BCUT2D eigenvalue weighted by Crippen LogP contribution is -2.56. The van der Waals surface area contributed by atoms with Gasteiger partial charge in [0.1, 0.15) is 0 Å². The van der Waals surface area contributed by atoms with E-state index in [0.29, 0.717) is 13.1 Å². The summed E-state index contributed by atoms with van der Waals surface area (Å²) in [4.78, 5) is 26.5. The Balaban J connectivity index is 2.68. The van der Waals surface area contributed by atoms with E-state index >= 15 is 0 Å². The van der Waals surface area contributed by atoms with E-state index in [1.54, 1.807) is 9.80 Å². The van der Waals surface area contributed by atoms with Crippen LogP contribution in [-0.4, -0.2) is 65.2 Å². The minimum atomic E-state index is -0.877. The number of hydrogen-bond donors (Lipinski definition) is 2. The van der Waals surface area contributed by atoms with E-state index in [1.165, 1.54) is 0 Å². The van der Waals surface area contributed by atoms with Crippen molar-refractivity contribution < 1.29 is 14.7 Å². The van der Waals surface area contributed by atoms with Gasteiger partial charge in [0, 0.05) is 38.3 Å². The van der Waals surface area contributed by atoms with Crippen LogP contribution in [0.5, 0.6) is 0 Å². The Morgan fingerprint density at radius 3 is 2.28 bits per heavy atom. The molecule has 2 amide bonds. The Labute approximate surface area is 108 Å². The summed E-state index contributed by atoms with van der Waals surface area (Å²) < 4.78 is 0. The molecule has 1 aliphatic rings. The monoisotopic (exact) mass is 257 g/mol. The molecule has 0 atom stereocenters. The van der Waals surface area contributed by atoms with Gasteiger partial charge >= 0.3 is 12.0 Å². The molecular weight excluding hydrogens is 234 g/mol. The predicted octanol–water partition coefficient (Wildman–Crippen LogP) is 0.587. The van der Waals surface area contributed by atoms with Crippen molar-refractivity contribution in [3.8, 4) is 0 Å². The molecule has 0 aromatic carbocycles. The molecule has 104 valence electrons. The van der Waals surface area contributed by atoms with Crippen molar-refractivity contribution in [3.05, 3.63) is 0 Å². The number of urea groups is 1. The van der Waals surface area contributed by atoms with E-state index in [4.69, 9.17) is 5.11 Å². The van der Waals surface area contributed by atoms with Crippen LogP contribution in [-0.2, 0) is 4.79 Å². The molecule has 0 aromatic heterocycles. The Kier molecular flexibility index (Phi) is 4.95. The van der Waals surface area contributed by atoms with Crippen LogP contribution in [0.4, 0.5) is 4.79 Å². The average Bonchev–Trinajstić information content (AvgIpc) is 2.28. The highest BCUT2D eigenvalue weighted by Gasteiger charge is 2.30. The molecule has 1 aliphatic heterocycles. The smallest absolute Gasteiger partial charge is 0.320 e.